The molecule has 2 heterocycles. The molecule has 0 aliphatic carbocycles. The van der Waals surface area contributed by atoms with Crippen molar-refractivity contribution in [1.29, 1.82) is 0 Å². The molecule has 0 bridgehead atoms. The molecule has 2 fully saturated rings. The summed E-state index contributed by atoms with van der Waals surface area (Å²) >= 11 is 0. The van der Waals surface area contributed by atoms with Crippen LogP contribution in [0.25, 0.3) is 0 Å². The number of benzene rings is 3. The van der Waals surface area contributed by atoms with Crippen molar-refractivity contribution in [3.8, 4) is 11.5 Å². The zero-order valence-electron chi connectivity index (χ0n) is 19.0. The van der Waals surface area contributed by atoms with Crippen LogP contribution < -0.4 is 19.4 Å². The standard InChI is InChI=1S/C26H21F3N2O5/c1-2-34-20-11-7-6-10-19(20)30-24(32)21-22(16-12-14-18(15-13-16)35-26(27,28)29)31(36-23(21)25(30)33)17-8-4-3-5-9-17/h3-15,21-23H,2H2,1H3/t21-,22-,23+/m1/s1. The summed E-state index contributed by atoms with van der Waals surface area (Å²) in [6.07, 6.45) is -5.95. The number of ether oxygens (including phenoxy) is 2. The molecule has 3 aromatic carbocycles. The van der Waals surface area contributed by atoms with Crippen LogP contribution in [0.3, 0.4) is 0 Å². The Balaban J connectivity index is 1.54. The number of rotatable bonds is 6. The third-order valence-electron chi connectivity index (χ3n) is 5.99. The minimum absolute atomic E-state index is 0.311. The molecule has 2 aliphatic rings. The number of nitrogens with zero attached hydrogens (tertiary/aromatic N) is 2. The lowest BCUT2D eigenvalue weighted by atomic mass is 9.90. The number of halogens is 3. The summed E-state index contributed by atoms with van der Waals surface area (Å²) < 4.78 is 47.5. The molecule has 2 amide bonds. The van der Waals surface area contributed by atoms with Crippen LogP contribution in [0.2, 0.25) is 0 Å². The number of hydrogen-bond acceptors (Lipinski definition) is 6. The maximum atomic E-state index is 13.7. The van der Waals surface area contributed by atoms with E-state index in [4.69, 9.17) is 9.57 Å². The SMILES string of the molecule is CCOc1ccccc1N1C(=O)[C@H]2[C@H](ON(c3ccccc3)[C@@H]2c2ccc(OC(F)(F)F)cc2)C1=O. The Morgan fingerprint density at radius 1 is 0.889 bits per heavy atom. The van der Waals surface area contributed by atoms with E-state index < -0.39 is 42.0 Å². The molecule has 0 unspecified atom stereocenters. The van der Waals surface area contributed by atoms with Gasteiger partial charge in [-0.15, -0.1) is 13.2 Å². The van der Waals surface area contributed by atoms with Crippen molar-refractivity contribution in [3.05, 3.63) is 84.4 Å². The zero-order valence-corrected chi connectivity index (χ0v) is 19.0. The van der Waals surface area contributed by atoms with Gasteiger partial charge in [0.25, 0.3) is 5.91 Å². The van der Waals surface area contributed by atoms with Gasteiger partial charge in [-0.1, -0.05) is 42.5 Å². The van der Waals surface area contributed by atoms with E-state index in [0.717, 1.165) is 4.90 Å². The summed E-state index contributed by atoms with van der Waals surface area (Å²) in [5, 5.41) is 1.47. The molecule has 2 saturated heterocycles. The van der Waals surface area contributed by atoms with Crippen molar-refractivity contribution >= 4 is 23.2 Å². The topological polar surface area (TPSA) is 68.3 Å². The van der Waals surface area contributed by atoms with E-state index in [2.05, 4.69) is 4.74 Å². The normalized spacial score (nSPS) is 21.6. The van der Waals surface area contributed by atoms with Gasteiger partial charge < -0.3 is 9.47 Å². The van der Waals surface area contributed by atoms with Gasteiger partial charge in [0.15, 0.2) is 6.10 Å². The lowest BCUT2D eigenvalue weighted by Crippen LogP contribution is -2.37. The van der Waals surface area contributed by atoms with Crippen LogP contribution in [0.5, 0.6) is 11.5 Å². The van der Waals surface area contributed by atoms with Crippen molar-refractivity contribution < 1.29 is 37.1 Å². The molecule has 186 valence electrons. The van der Waals surface area contributed by atoms with Crippen LogP contribution in [0.4, 0.5) is 24.5 Å². The monoisotopic (exact) mass is 498 g/mol. The predicted molar refractivity (Wildman–Crippen MR) is 123 cm³/mol. The highest BCUT2D eigenvalue weighted by Crippen LogP contribution is 2.48. The van der Waals surface area contributed by atoms with Gasteiger partial charge in [-0.2, -0.15) is 0 Å². The summed E-state index contributed by atoms with van der Waals surface area (Å²) in [7, 11) is 0. The molecule has 36 heavy (non-hydrogen) atoms. The maximum Gasteiger partial charge on any atom is 0.573 e. The van der Waals surface area contributed by atoms with Crippen LogP contribution in [0.1, 0.15) is 18.5 Å². The first kappa shape index (κ1) is 23.7. The molecule has 0 spiro atoms. The fourth-order valence-electron chi connectivity index (χ4n) is 4.58. The second-order valence-corrected chi connectivity index (χ2v) is 8.19. The number of hydrogen-bond donors (Lipinski definition) is 0. The number of amides is 2. The summed E-state index contributed by atoms with van der Waals surface area (Å²) in [6.45, 7) is 2.13. The quantitative estimate of drug-likeness (QED) is 0.444. The first-order valence-electron chi connectivity index (χ1n) is 11.2. The van der Waals surface area contributed by atoms with Gasteiger partial charge in [0, 0.05) is 0 Å². The van der Waals surface area contributed by atoms with Crippen LogP contribution in [-0.4, -0.2) is 30.9 Å². The van der Waals surface area contributed by atoms with Crippen molar-refractivity contribution in [2.45, 2.75) is 25.4 Å². The zero-order chi connectivity index (χ0) is 25.4. The van der Waals surface area contributed by atoms with E-state index in [9.17, 15) is 22.8 Å². The molecule has 7 nitrogen and oxygen atoms in total. The Bertz CT molecular complexity index is 1270. The number of hydroxylamine groups is 1. The molecular formula is C26H21F3N2O5. The van der Waals surface area contributed by atoms with E-state index in [1.807, 2.05) is 0 Å². The van der Waals surface area contributed by atoms with Gasteiger partial charge >= 0.3 is 6.36 Å². The number of fused-ring (bicyclic) bond motifs is 1. The Labute approximate surface area is 204 Å². The van der Waals surface area contributed by atoms with Gasteiger partial charge in [-0.25, -0.2) is 9.96 Å². The van der Waals surface area contributed by atoms with E-state index >= 15 is 0 Å². The van der Waals surface area contributed by atoms with Crippen LogP contribution in [0, 0.1) is 5.92 Å². The molecular weight excluding hydrogens is 477 g/mol. The summed E-state index contributed by atoms with van der Waals surface area (Å²) in [6, 6.07) is 20.0. The molecule has 2 aliphatic heterocycles. The van der Waals surface area contributed by atoms with Gasteiger partial charge in [0.1, 0.15) is 17.4 Å². The highest BCUT2D eigenvalue weighted by Gasteiger charge is 2.60. The number of carbonyl (C=O) groups is 2. The third kappa shape index (κ3) is 4.24. The van der Waals surface area contributed by atoms with Crippen LogP contribution >= 0.6 is 0 Å². The highest BCUT2D eigenvalue weighted by atomic mass is 19.4. The van der Waals surface area contributed by atoms with E-state index in [1.165, 1.54) is 29.3 Å². The number of alkyl halides is 3. The minimum Gasteiger partial charge on any atom is -0.492 e. The summed E-state index contributed by atoms with van der Waals surface area (Å²) in [5.41, 5.74) is 1.39. The van der Waals surface area contributed by atoms with Crippen molar-refractivity contribution in [1.82, 2.24) is 0 Å². The molecule has 3 atom stereocenters. The van der Waals surface area contributed by atoms with Crippen molar-refractivity contribution in [2.75, 3.05) is 16.6 Å². The molecule has 10 heteroatoms. The first-order chi connectivity index (χ1) is 17.3. The average Bonchev–Trinajstić information content (AvgIpc) is 3.36. The lowest BCUT2D eigenvalue weighted by molar-refractivity contribution is -0.274. The van der Waals surface area contributed by atoms with E-state index in [0.29, 0.717) is 29.3 Å². The average molecular weight is 498 g/mol. The van der Waals surface area contributed by atoms with Gasteiger partial charge in [0.2, 0.25) is 5.91 Å². The lowest BCUT2D eigenvalue weighted by Gasteiger charge is -2.29. The molecule has 0 aromatic heterocycles. The van der Waals surface area contributed by atoms with Gasteiger partial charge in [-0.3, -0.25) is 14.4 Å². The van der Waals surface area contributed by atoms with Crippen molar-refractivity contribution in [2.24, 2.45) is 5.92 Å². The second-order valence-electron chi connectivity index (χ2n) is 8.19. The number of anilines is 2. The molecule has 0 radical (unpaired) electrons. The third-order valence-corrected chi connectivity index (χ3v) is 5.99. The molecule has 3 aromatic rings. The van der Waals surface area contributed by atoms with Gasteiger partial charge in [0.05, 0.1) is 24.0 Å². The molecule has 5 rings (SSSR count). The number of imide groups is 1. The van der Waals surface area contributed by atoms with Crippen LogP contribution in [0.15, 0.2) is 78.9 Å². The summed E-state index contributed by atoms with van der Waals surface area (Å²) in [5.74, 6) is -1.99. The smallest absolute Gasteiger partial charge is 0.492 e. The van der Waals surface area contributed by atoms with E-state index in [-0.39, 0.29) is 0 Å². The second kappa shape index (κ2) is 9.19. The Hall–Kier alpha value is -4.05. The predicted octanol–water partition coefficient (Wildman–Crippen LogP) is 5.04. The summed E-state index contributed by atoms with van der Waals surface area (Å²) in [4.78, 5) is 34.3. The number of carbonyl (C=O) groups excluding carboxylic acids is 2. The highest BCUT2D eigenvalue weighted by molar-refractivity contribution is 6.24. The largest absolute Gasteiger partial charge is 0.573 e. The minimum atomic E-state index is -4.83. The van der Waals surface area contributed by atoms with Crippen LogP contribution in [-0.2, 0) is 14.4 Å². The Morgan fingerprint density at radius 3 is 2.22 bits per heavy atom. The molecule has 0 N–H and O–H groups in total. The van der Waals surface area contributed by atoms with E-state index in [1.54, 1.807) is 61.5 Å². The first-order valence-corrected chi connectivity index (χ1v) is 11.2. The number of para-hydroxylation sites is 3. The maximum absolute atomic E-state index is 13.7. The van der Waals surface area contributed by atoms with Crippen molar-refractivity contribution in [3.63, 3.8) is 0 Å². The fourth-order valence-corrected chi connectivity index (χ4v) is 4.58. The Morgan fingerprint density at radius 2 is 1.56 bits per heavy atom. The molecule has 0 saturated carbocycles. The fraction of sp³-hybridized carbons (Fsp3) is 0.231. The van der Waals surface area contributed by atoms with Gasteiger partial charge in [-0.05, 0) is 48.9 Å². The Kier molecular flexibility index (Phi) is 6.05.